The zero-order valence-corrected chi connectivity index (χ0v) is 16.3. The van der Waals surface area contributed by atoms with Gasteiger partial charge < -0.3 is 9.40 Å². The van der Waals surface area contributed by atoms with Crippen molar-refractivity contribution in [3.8, 4) is 22.9 Å². The van der Waals surface area contributed by atoms with Gasteiger partial charge in [-0.05, 0) is 55.0 Å². The van der Waals surface area contributed by atoms with Crippen LogP contribution in [0.3, 0.4) is 0 Å². The number of halogens is 1. The molecule has 0 saturated carbocycles. The number of aryl methyl sites for hydroxylation is 1. The van der Waals surface area contributed by atoms with Crippen LogP contribution in [0.1, 0.15) is 23.8 Å². The maximum absolute atomic E-state index is 12.8. The molecule has 5 rings (SSSR count). The Morgan fingerprint density at radius 3 is 2.89 bits per heavy atom. The van der Waals surface area contributed by atoms with Crippen LogP contribution in [-0.4, -0.2) is 9.97 Å². The Kier molecular flexibility index (Phi) is 3.95. The number of hydrogen-bond acceptors (Lipinski definition) is 4. The van der Waals surface area contributed by atoms with E-state index in [0.29, 0.717) is 28.3 Å². The molecule has 136 valence electrons. The van der Waals surface area contributed by atoms with E-state index in [4.69, 9.17) is 21.0 Å². The number of aromatic amines is 1. The minimum Gasteiger partial charge on any atom is -0.453 e. The molecule has 0 spiro atoms. The summed E-state index contributed by atoms with van der Waals surface area (Å²) in [5, 5.41) is 1.37. The Bertz CT molecular complexity index is 1220. The number of hydrogen-bond donors (Lipinski definition) is 1. The third-order valence-electron chi connectivity index (χ3n) is 5.14. The molecule has 3 heterocycles. The molecule has 0 aliphatic heterocycles. The second kappa shape index (κ2) is 6.36. The van der Waals surface area contributed by atoms with Crippen LogP contribution in [0.25, 0.3) is 33.1 Å². The molecule has 0 radical (unpaired) electrons. The number of nitrogens with zero attached hydrogens (tertiary/aromatic N) is 1. The first-order chi connectivity index (χ1) is 13.1. The number of benzene rings is 1. The molecule has 0 unspecified atom stereocenters. The lowest BCUT2D eigenvalue weighted by Gasteiger charge is -2.17. The predicted molar refractivity (Wildman–Crippen MR) is 110 cm³/mol. The van der Waals surface area contributed by atoms with Crippen LogP contribution in [0.5, 0.6) is 0 Å². The molecule has 1 N–H and O–H groups in total. The summed E-state index contributed by atoms with van der Waals surface area (Å²) in [4.78, 5) is 22.5. The van der Waals surface area contributed by atoms with Crippen LogP contribution >= 0.6 is 22.9 Å². The van der Waals surface area contributed by atoms with Crippen LogP contribution in [0.15, 0.2) is 45.6 Å². The minimum absolute atomic E-state index is 0.0854. The molecule has 0 amide bonds. The summed E-state index contributed by atoms with van der Waals surface area (Å²) in [5.74, 6) is 2.30. The summed E-state index contributed by atoms with van der Waals surface area (Å²) < 4.78 is 5.95. The first kappa shape index (κ1) is 16.8. The number of nitrogens with one attached hydrogen (secondary N) is 1. The molecule has 0 bridgehead atoms. The molecule has 0 saturated heterocycles. The summed E-state index contributed by atoms with van der Waals surface area (Å²) >= 11 is 7.89. The molecule has 1 aliphatic rings. The highest BCUT2D eigenvalue weighted by Crippen LogP contribution is 2.37. The van der Waals surface area contributed by atoms with E-state index in [9.17, 15) is 4.79 Å². The quantitative estimate of drug-likeness (QED) is 0.473. The van der Waals surface area contributed by atoms with E-state index in [0.717, 1.165) is 35.0 Å². The molecule has 1 aliphatic carbocycles. The smallest absolute Gasteiger partial charge is 0.260 e. The number of H-pyrrole nitrogens is 1. The second-order valence-electron chi connectivity index (χ2n) is 7.09. The fourth-order valence-corrected chi connectivity index (χ4v) is 5.35. The van der Waals surface area contributed by atoms with Gasteiger partial charge in [0.15, 0.2) is 11.6 Å². The van der Waals surface area contributed by atoms with E-state index in [2.05, 4.69) is 11.9 Å². The lowest BCUT2D eigenvalue weighted by Crippen LogP contribution is -2.13. The number of aromatic nitrogens is 2. The molecule has 27 heavy (non-hydrogen) atoms. The number of thiophene rings is 1. The summed E-state index contributed by atoms with van der Waals surface area (Å²) in [6.45, 7) is 2.26. The molecule has 0 fully saturated rings. The monoisotopic (exact) mass is 396 g/mol. The lowest BCUT2D eigenvalue weighted by atomic mass is 9.89. The highest BCUT2D eigenvalue weighted by atomic mass is 35.5. The van der Waals surface area contributed by atoms with Crippen LogP contribution in [0, 0.1) is 5.92 Å². The standard InChI is InChI=1S/C21H17ClN2O2S/c1-11-6-7-13-17(10-11)27-21-18(13)20(25)23-19(24-21)16-9-8-15(26-16)12-4-2-3-5-14(12)22/h2-5,8-9,11H,6-7,10H2,1H3,(H,23,24,25)/t11-/m1/s1. The first-order valence-electron chi connectivity index (χ1n) is 9.00. The predicted octanol–water partition coefficient (Wildman–Crippen LogP) is 5.69. The highest BCUT2D eigenvalue weighted by molar-refractivity contribution is 7.18. The van der Waals surface area contributed by atoms with Crippen molar-refractivity contribution in [1.82, 2.24) is 9.97 Å². The zero-order chi connectivity index (χ0) is 18.5. The molecular formula is C21H17ClN2O2S. The van der Waals surface area contributed by atoms with Crippen molar-refractivity contribution in [2.75, 3.05) is 0 Å². The van der Waals surface area contributed by atoms with Gasteiger partial charge in [-0.15, -0.1) is 11.3 Å². The van der Waals surface area contributed by atoms with Gasteiger partial charge in [0.25, 0.3) is 5.56 Å². The van der Waals surface area contributed by atoms with Gasteiger partial charge in [-0.2, -0.15) is 0 Å². The van der Waals surface area contributed by atoms with Gasteiger partial charge in [-0.3, -0.25) is 4.79 Å². The number of furan rings is 1. The Morgan fingerprint density at radius 2 is 2.04 bits per heavy atom. The van der Waals surface area contributed by atoms with Crippen molar-refractivity contribution in [2.45, 2.75) is 26.2 Å². The molecule has 3 aromatic heterocycles. The van der Waals surface area contributed by atoms with Crippen LogP contribution in [0.2, 0.25) is 5.02 Å². The van der Waals surface area contributed by atoms with Gasteiger partial charge in [0.1, 0.15) is 10.6 Å². The van der Waals surface area contributed by atoms with Gasteiger partial charge >= 0.3 is 0 Å². The maximum Gasteiger partial charge on any atom is 0.260 e. The zero-order valence-electron chi connectivity index (χ0n) is 14.7. The first-order valence-corrected chi connectivity index (χ1v) is 10.2. The van der Waals surface area contributed by atoms with Crippen LogP contribution in [-0.2, 0) is 12.8 Å². The van der Waals surface area contributed by atoms with Crippen LogP contribution in [0.4, 0.5) is 0 Å². The summed E-state index contributed by atoms with van der Waals surface area (Å²) in [6, 6.07) is 11.2. The summed E-state index contributed by atoms with van der Waals surface area (Å²) in [7, 11) is 0. The van der Waals surface area contributed by atoms with Crippen molar-refractivity contribution in [3.63, 3.8) is 0 Å². The average molecular weight is 397 g/mol. The average Bonchev–Trinajstić information content (AvgIpc) is 3.26. The SMILES string of the molecule is C[C@@H]1CCc2c(sc3nc(-c4ccc(-c5ccccc5Cl)o4)[nH]c(=O)c23)C1. The number of rotatable bonds is 2. The van der Waals surface area contributed by atoms with Crippen molar-refractivity contribution in [1.29, 1.82) is 0 Å². The lowest BCUT2D eigenvalue weighted by molar-refractivity contribution is 0.509. The molecule has 4 aromatic rings. The Hall–Kier alpha value is -2.37. The second-order valence-corrected chi connectivity index (χ2v) is 8.58. The van der Waals surface area contributed by atoms with E-state index < -0.39 is 0 Å². The van der Waals surface area contributed by atoms with Gasteiger partial charge in [0, 0.05) is 10.4 Å². The molecule has 1 aromatic carbocycles. The number of fused-ring (bicyclic) bond motifs is 3. The Labute approximate surface area is 164 Å². The topological polar surface area (TPSA) is 58.9 Å². The summed E-state index contributed by atoms with van der Waals surface area (Å²) in [5.41, 5.74) is 1.91. The highest BCUT2D eigenvalue weighted by Gasteiger charge is 2.23. The molecular weight excluding hydrogens is 380 g/mol. The molecule has 4 nitrogen and oxygen atoms in total. The van der Waals surface area contributed by atoms with Crippen molar-refractivity contribution >= 4 is 33.2 Å². The van der Waals surface area contributed by atoms with E-state index in [1.807, 2.05) is 36.4 Å². The third kappa shape index (κ3) is 2.82. The van der Waals surface area contributed by atoms with Crippen molar-refractivity contribution in [2.24, 2.45) is 5.92 Å². The molecule has 6 heteroatoms. The normalized spacial score (nSPS) is 16.6. The fraction of sp³-hybridized carbons (Fsp3) is 0.238. The van der Waals surface area contributed by atoms with E-state index >= 15 is 0 Å². The van der Waals surface area contributed by atoms with E-state index in [1.54, 1.807) is 11.3 Å². The van der Waals surface area contributed by atoms with Crippen molar-refractivity contribution < 1.29 is 4.42 Å². The van der Waals surface area contributed by atoms with Crippen LogP contribution < -0.4 is 5.56 Å². The fourth-order valence-electron chi connectivity index (χ4n) is 3.74. The largest absolute Gasteiger partial charge is 0.453 e. The maximum atomic E-state index is 12.8. The Balaban J connectivity index is 1.60. The van der Waals surface area contributed by atoms with Gasteiger partial charge in [0.05, 0.1) is 10.4 Å². The van der Waals surface area contributed by atoms with E-state index in [1.165, 1.54) is 10.4 Å². The Morgan fingerprint density at radius 1 is 1.22 bits per heavy atom. The summed E-state index contributed by atoms with van der Waals surface area (Å²) in [6.07, 6.45) is 3.11. The van der Waals surface area contributed by atoms with E-state index in [-0.39, 0.29) is 5.56 Å². The third-order valence-corrected chi connectivity index (χ3v) is 6.62. The van der Waals surface area contributed by atoms with Gasteiger partial charge in [0.2, 0.25) is 0 Å². The minimum atomic E-state index is -0.0854. The van der Waals surface area contributed by atoms with Crippen molar-refractivity contribution in [3.05, 3.63) is 62.2 Å². The molecule has 1 atom stereocenters. The van der Waals surface area contributed by atoms with Gasteiger partial charge in [-0.25, -0.2) is 4.98 Å². The van der Waals surface area contributed by atoms with Gasteiger partial charge in [-0.1, -0.05) is 30.7 Å².